The predicted molar refractivity (Wildman–Crippen MR) is 202 cm³/mol. The molecule has 3 heterocycles. The lowest BCUT2D eigenvalue weighted by Gasteiger charge is -2.49. The van der Waals surface area contributed by atoms with Crippen molar-refractivity contribution < 1.29 is 4.74 Å². The second-order valence-electron chi connectivity index (χ2n) is 14.0. The van der Waals surface area contributed by atoms with Gasteiger partial charge in [-0.2, -0.15) is 10.5 Å². The number of allylic oxidation sites excluding steroid dienone is 9. The van der Waals surface area contributed by atoms with E-state index >= 15 is 0 Å². The average Bonchev–Trinajstić information content (AvgIpc) is 3.05. The molecular formula is C41H41IN4O. The summed E-state index contributed by atoms with van der Waals surface area (Å²) in [6.07, 6.45) is 16.7. The van der Waals surface area contributed by atoms with Gasteiger partial charge in [-0.1, -0.05) is 58.6 Å². The SMILES string of the molecule is C=C1Cc2c(cc3c4c2C(C)(C)CCN4CCC3(C)C)C=C1/C=C/C1=CC(=C(C#N)C#N)C=C(/C=C/c2ccc(N(I)CC)cc2)O1. The van der Waals surface area contributed by atoms with E-state index in [1.165, 1.54) is 27.9 Å². The molecular weight excluding hydrogens is 691 g/mol. The smallest absolute Gasteiger partial charge is 0.137 e. The van der Waals surface area contributed by atoms with Gasteiger partial charge >= 0.3 is 0 Å². The lowest BCUT2D eigenvalue weighted by molar-refractivity contribution is 0.332. The Bertz CT molecular complexity index is 1900. The Morgan fingerprint density at radius 1 is 0.957 bits per heavy atom. The summed E-state index contributed by atoms with van der Waals surface area (Å²) in [5.41, 5.74) is 12.2. The third-order valence-corrected chi connectivity index (χ3v) is 11.2. The number of fused-ring (bicyclic) bond motifs is 2. The van der Waals surface area contributed by atoms with Gasteiger partial charge in [0.1, 0.15) is 29.2 Å². The van der Waals surface area contributed by atoms with Crippen LogP contribution in [0.4, 0.5) is 11.4 Å². The van der Waals surface area contributed by atoms with Crippen molar-refractivity contribution in [1.29, 1.82) is 10.5 Å². The number of nitrogens with zero attached hydrogens (tertiary/aromatic N) is 4. The van der Waals surface area contributed by atoms with Gasteiger partial charge in [-0.15, -0.1) is 0 Å². The summed E-state index contributed by atoms with van der Waals surface area (Å²) in [6.45, 7) is 19.4. The fourth-order valence-corrected chi connectivity index (χ4v) is 7.41. The van der Waals surface area contributed by atoms with Gasteiger partial charge in [0, 0.05) is 36.6 Å². The van der Waals surface area contributed by atoms with E-state index in [1.807, 2.05) is 30.4 Å². The van der Waals surface area contributed by atoms with Crippen LogP contribution >= 0.6 is 22.9 Å². The van der Waals surface area contributed by atoms with Crippen LogP contribution in [0.3, 0.4) is 0 Å². The molecule has 0 unspecified atom stereocenters. The molecule has 0 saturated heterocycles. The molecule has 0 spiro atoms. The van der Waals surface area contributed by atoms with Crippen molar-refractivity contribution >= 4 is 46.4 Å². The zero-order valence-corrected chi connectivity index (χ0v) is 30.1. The predicted octanol–water partition coefficient (Wildman–Crippen LogP) is 9.94. The molecule has 4 aliphatic rings. The molecule has 0 amide bonds. The maximum absolute atomic E-state index is 9.64. The highest BCUT2D eigenvalue weighted by Crippen LogP contribution is 2.52. The highest BCUT2D eigenvalue weighted by molar-refractivity contribution is 14.1. The standard InChI is InChI=1S/C41H41IN4O/c1-7-46(42)33-12-8-28(9-13-33)10-14-34-22-30(32(25-43)26-44)23-35(47-34)15-11-29-21-31-24-37-39-38(36(31)20-27(29)2)41(5,6)17-19-45(39)18-16-40(37,3)4/h8-15,21-24H,2,7,16-20H2,1,3-6H3/b14-10+,15-11+. The van der Waals surface area contributed by atoms with Crippen LogP contribution in [0.15, 0.2) is 101 Å². The largest absolute Gasteiger partial charge is 0.457 e. The summed E-state index contributed by atoms with van der Waals surface area (Å²) >= 11 is 2.30. The summed E-state index contributed by atoms with van der Waals surface area (Å²) in [5, 5.41) is 19.3. The Balaban J connectivity index is 1.33. The van der Waals surface area contributed by atoms with E-state index in [0.717, 1.165) is 61.3 Å². The molecule has 0 radical (unpaired) electrons. The third-order valence-electron chi connectivity index (χ3n) is 9.95. The molecule has 0 N–H and O–H groups in total. The van der Waals surface area contributed by atoms with Gasteiger partial charge in [-0.25, -0.2) is 0 Å². The summed E-state index contributed by atoms with van der Waals surface area (Å²) in [7, 11) is 0. The van der Waals surface area contributed by atoms with Gasteiger partial charge < -0.3 is 12.8 Å². The Kier molecular flexibility index (Phi) is 8.85. The lowest BCUT2D eigenvalue weighted by atomic mass is 9.66. The van der Waals surface area contributed by atoms with Crippen molar-refractivity contribution in [2.75, 3.05) is 27.6 Å². The van der Waals surface area contributed by atoms with E-state index in [9.17, 15) is 10.5 Å². The summed E-state index contributed by atoms with van der Waals surface area (Å²) in [6, 6.07) is 14.8. The van der Waals surface area contributed by atoms with Crippen molar-refractivity contribution in [1.82, 2.24) is 0 Å². The first-order chi connectivity index (χ1) is 22.4. The Morgan fingerprint density at radius 3 is 2.23 bits per heavy atom. The van der Waals surface area contributed by atoms with Crippen LogP contribution in [0.25, 0.3) is 12.2 Å². The fourth-order valence-electron chi connectivity index (χ4n) is 7.09. The van der Waals surface area contributed by atoms with Crippen LogP contribution in [0.1, 0.15) is 75.3 Å². The van der Waals surface area contributed by atoms with E-state index in [4.69, 9.17) is 4.74 Å². The Hall–Kier alpha value is -4.27. The zero-order chi connectivity index (χ0) is 33.5. The van der Waals surface area contributed by atoms with Crippen molar-refractivity contribution in [3.8, 4) is 12.1 Å². The number of nitriles is 2. The number of hydrogen-bond acceptors (Lipinski definition) is 5. The molecule has 6 heteroatoms. The first-order valence-corrected chi connectivity index (χ1v) is 17.3. The summed E-state index contributed by atoms with van der Waals surface area (Å²) in [5.74, 6) is 1.11. The molecule has 0 atom stereocenters. The van der Waals surface area contributed by atoms with E-state index < -0.39 is 0 Å². The van der Waals surface area contributed by atoms with Gasteiger partial charge in [0.05, 0.1) is 22.9 Å². The van der Waals surface area contributed by atoms with E-state index in [-0.39, 0.29) is 16.4 Å². The number of rotatable bonds is 6. The van der Waals surface area contributed by atoms with Crippen LogP contribution in [-0.2, 0) is 22.0 Å². The van der Waals surface area contributed by atoms with Gasteiger partial charge in [0.2, 0.25) is 0 Å². The fraction of sp³-hybridized carbons (Fsp3) is 0.317. The third kappa shape index (κ3) is 6.36. The molecule has 5 nitrogen and oxygen atoms in total. The summed E-state index contributed by atoms with van der Waals surface area (Å²) in [4.78, 5) is 2.62. The number of halogens is 1. The molecule has 0 saturated carbocycles. The van der Waals surface area contributed by atoms with Crippen molar-refractivity contribution in [2.24, 2.45) is 0 Å². The molecule has 1 aliphatic carbocycles. The minimum absolute atomic E-state index is 0.0457. The minimum Gasteiger partial charge on any atom is -0.457 e. The molecule has 3 aliphatic heterocycles. The molecule has 238 valence electrons. The maximum Gasteiger partial charge on any atom is 0.137 e. The maximum atomic E-state index is 9.64. The van der Waals surface area contributed by atoms with Crippen LogP contribution in [0.5, 0.6) is 0 Å². The van der Waals surface area contributed by atoms with Crippen molar-refractivity contribution in [3.63, 3.8) is 0 Å². The molecule has 0 fully saturated rings. The topological polar surface area (TPSA) is 63.3 Å². The van der Waals surface area contributed by atoms with Crippen LogP contribution in [-0.4, -0.2) is 19.6 Å². The van der Waals surface area contributed by atoms with E-state index in [2.05, 4.69) is 115 Å². The number of anilines is 2. The molecule has 0 aromatic heterocycles. The second kappa shape index (κ2) is 12.7. The van der Waals surface area contributed by atoms with Crippen molar-refractivity contribution in [3.05, 3.63) is 129 Å². The molecule has 6 rings (SSSR count). The number of ether oxygens (including phenoxy) is 1. The van der Waals surface area contributed by atoms with Gasteiger partial charge in [0.25, 0.3) is 0 Å². The molecule has 47 heavy (non-hydrogen) atoms. The van der Waals surface area contributed by atoms with Crippen LogP contribution in [0.2, 0.25) is 0 Å². The minimum atomic E-state index is 0.0457. The first kappa shape index (κ1) is 32.7. The highest BCUT2D eigenvalue weighted by Gasteiger charge is 2.42. The van der Waals surface area contributed by atoms with E-state index in [0.29, 0.717) is 17.1 Å². The zero-order valence-electron chi connectivity index (χ0n) is 28.0. The van der Waals surface area contributed by atoms with Gasteiger partial charge in [-0.05, 0) is 125 Å². The lowest BCUT2D eigenvalue weighted by Crippen LogP contribution is -2.45. The molecule has 2 aromatic carbocycles. The van der Waals surface area contributed by atoms with Crippen LogP contribution < -0.4 is 8.01 Å². The summed E-state index contributed by atoms with van der Waals surface area (Å²) < 4.78 is 8.41. The Labute approximate surface area is 293 Å². The quantitative estimate of drug-likeness (QED) is 0.168. The Morgan fingerprint density at radius 2 is 1.60 bits per heavy atom. The number of benzene rings is 2. The second-order valence-corrected chi connectivity index (χ2v) is 15.2. The van der Waals surface area contributed by atoms with Gasteiger partial charge in [0.15, 0.2) is 0 Å². The molecule has 2 aromatic rings. The number of hydrogen-bond donors (Lipinski definition) is 0. The average molecular weight is 733 g/mol. The van der Waals surface area contributed by atoms with Crippen LogP contribution in [0, 0.1) is 22.7 Å². The van der Waals surface area contributed by atoms with E-state index in [1.54, 1.807) is 12.2 Å². The normalized spacial score (nSPS) is 19.1. The highest BCUT2D eigenvalue weighted by atomic mass is 127. The van der Waals surface area contributed by atoms with Gasteiger partial charge in [-0.3, -0.25) is 0 Å². The monoisotopic (exact) mass is 732 g/mol. The first-order valence-electron chi connectivity index (χ1n) is 16.3. The molecule has 0 bridgehead atoms. The van der Waals surface area contributed by atoms with Crippen molar-refractivity contribution in [2.45, 2.75) is 64.7 Å².